The molecule has 1 aliphatic carbocycles. The van der Waals surface area contributed by atoms with Crippen LogP contribution in [0.4, 0.5) is 15.8 Å². The van der Waals surface area contributed by atoms with E-state index in [1.165, 1.54) is 36.2 Å². The molecule has 0 bridgehead atoms. The van der Waals surface area contributed by atoms with Crippen LogP contribution in [-0.4, -0.2) is 37.0 Å². The predicted molar refractivity (Wildman–Crippen MR) is 140 cm³/mol. The number of hydrogen-bond donors (Lipinski definition) is 1. The highest BCUT2D eigenvalue weighted by atomic mass is 19.1. The van der Waals surface area contributed by atoms with Gasteiger partial charge in [0.05, 0.1) is 0 Å². The Morgan fingerprint density at radius 2 is 1.60 bits per heavy atom. The van der Waals surface area contributed by atoms with E-state index in [4.69, 9.17) is 0 Å². The highest BCUT2D eigenvalue weighted by Gasteiger charge is 2.42. The minimum absolute atomic E-state index is 0.0190. The number of rotatable bonds is 5. The zero-order valence-electron chi connectivity index (χ0n) is 20.4. The van der Waals surface area contributed by atoms with Gasteiger partial charge in [0, 0.05) is 48.7 Å². The van der Waals surface area contributed by atoms with Crippen LogP contribution in [0.3, 0.4) is 0 Å². The third kappa shape index (κ3) is 5.10. The summed E-state index contributed by atoms with van der Waals surface area (Å²) in [5.74, 6) is 0.0466. The minimum atomic E-state index is -0.406. The molecule has 182 valence electrons. The van der Waals surface area contributed by atoms with Crippen LogP contribution in [-0.2, 0) is 5.54 Å². The molecule has 0 atom stereocenters. The molecule has 0 spiro atoms. The van der Waals surface area contributed by atoms with Gasteiger partial charge in [0.1, 0.15) is 5.82 Å². The third-order valence-corrected chi connectivity index (χ3v) is 7.85. The van der Waals surface area contributed by atoms with Gasteiger partial charge in [-0.05, 0) is 79.6 Å². The molecule has 3 aromatic rings. The van der Waals surface area contributed by atoms with E-state index in [0.717, 1.165) is 50.6 Å². The molecule has 35 heavy (non-hydrogen) atoms. The van der Waals surface area contributed by atoms with E-state index in [9.17, 15) is 9.18 Å². The first-order chi connectivity index (χ1) is 17.0. The molecule has 1 amide bonds. The lowest BCUT2D eigenvalue weighted by atomic mass is 9.71. The van der Waals surface area contributed by atoms with Crippen molar-refractivity contribution in [3.63, 3.8) is 0 Å². The van der Waals surface area contributed by atoms with Crippen molar-refractivity contribution in [3.8, 4) is 0 Å². The number of benzene rings is 3. The molecule has 0 aromatic heterocycles. The molecule has 2 fully saturated rings. The molecule has 0 unspecified atom stereocenters. The molecule has 2 aliphatic rings. The number of carbonyl (C=O) groups is 1. The largest absolute Gasteiger partial charge is 0.369 e. The average Bonchev–Trinajstić information content (AvgIpc) is 2.90. The second-order valence-electron chi connectivity index (χ2n) is 10.1. The molecule has 1 N–H and O–H groups in total. The number of piperazine rings is 1. The van der Waals surface area contributed by atoms with Crippen molar-refractivity contribution in [3.05, 3.63) is 95.8 Å². The van der Waals surface area contributed by atoms with Crippen molar-refractivity contribution < 1.29 is 9.18 Å². The van der Waals surface area contributed by atoms with Crippen LogP contribution in [0.25, 0.3) is 0 Å². The van der Waals surface area contributed by atoms with Crippen LogP contribution in [0.15, 0.2) is 78.9 Å². The van der Waals surface area contributed by atoms with Gasteiger partial charge in [0.15, 0.2) is 0 Å². The fourth-order valence-corrected chi connectivity index (χ4v) is 5.78. The lowest BCUT2D eigenvalue weighted by Gasteiger charge is -2.51. The molecule has 1 heterocycles. The number of para-hydroxylation sites is 1. The van der Waals surface area contributed by atoms with Crippen molar-refractivity contribution in [1.82, 2.24) is 4.90 Å². The first kappa shape index (κ1) is 23.6. The molecule has 4 nitrogen and oxygen atoms in total. The van der Waals surface area contributed by atoms with E-state index < -0.39 is 5.82 Å². The van der Waals surface area contributed by atoms with E-state index in [1.807, 2.05) is 12.1 Å². The van der Waals surface area contributed by atoms with Crippen LogP contribution in [0.5, 0.6) is 0 Å². The van der Waals surface area contributed by atoms with Crippen molar-refractivity contribution in [2.24, 2.45) is 5.92 Å². The Bertz CT molecular complexity index is 1150. The Hall–Kier alpha value is -3.18. The van der Waals surface area contributed by atoms with Crippen molar-refractivity contribution in [2.45, 2.75) is 38.1 Å². The summed E-state index contributed by atoms with van der Waals surface area (Å²) in [4.78, 5) is 17.9. The first-order valence-electron chi connectivity index (χ1n) is 12.8. The normalized spacial score (nSPS) is 23.1. The van der Waals surface area contributed by atoms with Crippen molar-refractivity contribution in [2.75, 3.05) is 36.4 Å². The highest BCUT2D eigenvalue weighted by molar-refractivity contribution is 6.04. The maximum Gasteiger partial charge on any atom is 0.255 e. The number of hydrogen-bond acceptors (Lipinski definition) is 3. The number of carbonyl (C=O) groups excluding carboxylic acids is 1. The van der Waals surface area contributed by atoms with Gasteiger partial charge < -0.3 is 10.2 Å². The number of nitrogens with zero attached hydrogens (tertiary/aromatic N) is 2. The Labute approximate surface area is 207 Å². The smallest absolute Gasteiger partial charge is 0.255 e. The predicted octanol–water partition coefficient (Wildman–Crippen LogP) is 6.31. The Kier molecular flexibility index (Phi) is 6.87. The van der Waals surface area contributed by atoms with Crippen LogP contribution in [0.1, 0.15) is 48.5 Å². The molecule has 5 rings (SSSR count). The Morgan fingerprint density at radius 3 is 2.31 bits per heavy atom. The van der Waals surface area contributed by atoms with Gasteiger partial charge in [-0.25, -0.2) is 4.39 Å². The van der Waals surface area contributed by atoms with E-state index in [2.05, 4.69) is 64.5 Å². The quantitative estimate of drug-likeness (QED) is 0.474. The monoisotopic (exact) mass is 471 g/mol. The van der Waals surface area contributed by atoms with Gasteiger partial charge in [-0.1, -0.05) is 43.3 Å². The molecule has 3 aromatic carbocycles. The highest BCUT2D eigenvalue weighted by Crippen LogP contribution is 2.45. The number of anilines is 2. The van der Waals surface area contributed by atoms with Gasteiger partial charge in [-0.3, -0.25) is 9.69 Å². The van der Waals surface area contributed by atoms with E-state index in [-0.39, 0.29) is 11.4 Å². The topological polar surface area (TPSA) is 35.6 Å². The van der Waals surface area contributed by atoms with Gasteiger partial charge in [-0.2, -0.15) is 0 Å². The second kappa shape index (κ2) is 10.2. The molecule has 1 saturated carbocycles. The maximum atomic E-state index is 13.6. The number of nitrogens with one attached hydrogen (secondary N) is 1. The summed E-state index contributed by atoms with van der Waals surface area (Å²) in [7, 11) is 0. The standard InChI is InChI=1S/C30H34FN3O/c1-23-13-15-30(16-14-23,34-19-17-33(18-20-34)28-11-3-2-4-12-28)25-8-6-10-27(22-25)32-29(35)24-7-5-9-26(31)21-24/h2-12,21-23H,13-20H2,1H3,(H,32,35)/t23-,30-. The third-order valence-electron chi connectivity index (χ3n) is 7.85. The summed E-state index contributed by atoms with van der Waals surface area (Å²) in [5, 5.41) is 2.99. The minimum Gasteiger partial charge on any atom is -0.369 e. The summed E-state index contributed by atoms with van der Waals surface area (Å²) in [6.07, 6.45) is 4.67. The lowest BCUT2D eigenvalue weighted by molar-refractivity contribution is 0.0299. The van der Waals surface area contributed by atoms with Crippen LogP contribution >= 0.6 is 0 Å². The average molecular weight is 472 g/mol. The van der Waals surface area contributed by atoms with Gasteiger partial charge in [0.2, 0.25) is 0 Å². The van der Waals surface area contributed by atoms with Crippen molar-refractivity contribution >= 4 is 17.3 Å². The van der Waals surface area contributed by atoms with Gasteiger partial charge in [0.25, 0.3) is 5.91 Å². The molecule has 5 heteroatoms. The Morgan fingerprint density at radius 1 is 0.886 bits per heavy atom. The van der Waals surface area contributed by atoms with Crippen molar-refractivity contribution in [1.29, 1.82) is 0 Å². The first-order valence-corrected chi connectivity index (χ1v) is 12.8. The fourth-order valence-electron chi connectivity index (χ4n) is 5.78. The Balaban J connectivity index is 1.37. The fraction of sp³-hybridized carbons (Fsp3) is 0.367. The van der Waals surface area contributed by atoms with Crippen LogP contribution < -0.4 is 10.2 Å². The van der Waals surface area contributed by atoms with E-state index in [0.29, 0.717) is 5.56 Å². The summed E-state index contributed by atoms with van der Waals surface area (Å²) in [6, 6.07) is 24.8. The molecular formula is C30H34FN3O. The summed E-state index contributed by atoms with van der Waals surface area (Å²) in [5.41, 5.74) is 3.64. The summed E-state index contributed by atoms with van der Waals surface area (Å²) >= 11 is 0. The lowest BCUT2D eigenvalue weighted by Crippen LogP contribution is -2.56. The zero-order chi connectivity index (χ0) is 24.3. The van der Waals surface area contributed by atoms with Gasteiger partial charge >= 0.3 is 0 Å². The molecule has 1 saturated heterocycles. The second-order valence-corrected chi connectivity index (χ2v) is 10.1. The van der Waals surface area contributed by atoms with E-state index >= 15 is 0 Å². The molecule has 0 radical (unpaired) electrons. The SMILES string of the molecule is C[C@H]1CC[C@](c2cccc(NC(=O)c3cccc(F)c3)c2)(N2CCN(c3ccccc3)CC2)CC1. The summed E-state index contributed by atoms with van der Waals surface area (Å²) < 4.78 is 13.6. The van der Waals surface area contributed by atoms with Gasteiger partial charge in [-0.15, -0.1) is 0 Å². The van der Waals surface area contributed by atoms with E-state index in [1.54, 1.807) is 12.1 Å². The maximum absolute atomic E-state index is 13.6. The number of amides is 1. The van der Waals surface area contributed by atoms with Crippen LogP contribution in [0, 0.1) is 11.7 Å². The summed E-state index contributed by atoms with van der Waals surface area (Å²) in [6.45, 7) is 6.41. The number of halogens is 1. The zero-order valence-corrected chi connectivity index (χ0v) is 20.4. The molecule has 1 aliphatic heterocycles. The van der Waals surface area contributed by atoms with Crippen LogP contribution in [0.2, 0.25) is 0 Å². The molecular weight excluding hydrogens is 437 g/mol.